The summed E-state index contributed by atoms with van der Waals surface area (Å²) >= 11 is 0. The second-order valence-electron chi connectivity index (χ2n) is 5.75. The predicted octanol–water partition coefficient (Wildman–Crippen LogP) is 2.40. The van der Waals surface area contributed by atoms with Crippen molar-refractivity contribution in [2.75, 3.05) is 26.2 Å². The molecule has 1 aromatic rings. The van der Waals surface area contributed by atoms with Crippen molar-refractivity contribution in [3.05, 3.63) is 29.3 Å². The Kier molecular flexibility index (Phi) is 4.04. The zero-order valence-electron chi connectivity index (χ0n) is 11.8. The molecule has 2 heterocycles. The number of fused-ring (bicyclic) bond motifs is 1. The molecule has 1 fully saturated rings. The Balaban J connectivity index is 1.54. The maximum absolute atomic E-state index is 6.01. The largest absolute Gasteiger partial charge is 0.493 e. The third kappa shape index (κ3) is 3.10. The van der Waals surface area contributed by atoms with Gasteiger partial charge in [-0.1, -0.05) is 13.0 Å². The zero-order valence-corrected chi connectivity index (χ0v) is 11.8. The average Bonchev–Trinajstić information content (AvgIpc) is 2.93. The Morgan fingerprint density at radius 3 is 3.11 bits per heavy atom. The summed E-state index contributed by atoms with van der Waals surface area (Å²) in [4.78, 5) is 2.53. The Hall–Kier alpha value is -1.06. The summed E-state index contributed by atoms with van der Waals surface area (Å²) in [6, 6.07) is 6.52. The van der Waals surface area contributed by atoms with E-state index in [1.54, 1.807) is 0 Å². The minimum Gasteiger partial charge on any atom is -0.493 e. The van der Waals surface area contributed by atoms with E-state index in [4.69, 9.17) is 4.74 Å². The predicted molar refractivity (Wildman–Crippen MR) is 77.3 cm³/mol. The van der Waals surface area contributed by atoms with Crippen molar-refractivity contribution in [1.82, 2.24) is 10.2 Å². The molecule has 1 atom stereocenters. The maximum Gasteiger partial charge on any atom is 0.119 e. The third-order valence-electron chi connectivity index (χ3n) is 4.34. The van der Waals surface area contributed by atoms with E-state index in [-0.39, 0.29) is 0 Å². The fourth-order valence-electron chi connectivity index (χ4n) is 3.15. The van der Waals surface area contributed by atoms with Crippen LogP contribution in [-0.2, 0) is 13.1 Å². The van der Waals surface area contributed by atoms with E-state index < -0.39 is 0 Å². The highest BCUT2D eigenvalue weighted by Crippen LogP contribution is 2.23. The first-order chi connectivity index (χ1) is 9.35. The normalized spacial score (nSPS) is 23.3. The van der Waals surface area contributed by atoms with Gasteiger partial charge < -0.3 is 15.0 Å². The maximum atomic E-state index is 6.01. The van der Waals surface area contributed by atoms with Crippen molar-refractivity contribution < 1.29 is 4.74 Å². The molecular formula is C16H24N2O. The molecule has 3 rings (SSSR count). The molecule has 0 aliphatic carbocycles. The number of likely N-dealkylation sites (tertiary alicyclic amines) is 1. The van der Waals surface area contributed by atoms with Gasteiger partial charge in [0.25, 0.3) is 0 Å². The van der Waals surface area contributed by atoms with Crippen LogP contribution in [0.2, 0.25) is 0 Å². The standard InChI is InChI=1S/C16H24N2O/c1-2-18-7-3-4-13(11-18)12-19-16-6-5-14-9-17-10-15(14)8-16/h5-6,8,13,17H,2-4,7,9-12H2,1H3. The van der Waals surface area contributed by atoms with Crippen LogP contribution in [0.25, 0.3) is 0 Å². The van der Waals surface area contributed by atoms with Gasteiger partial charge in [0.1, 0.15) is 5.75 Å². The summed E-state index contributed by atoms with van der Waals surface area (Å²) in [7, 11) is 0. The molecule has 0 amide bonds. The molecule has 0 saturated carbocycles. The Morgan fingerprint density at radius 1 is 1.32 bits per heavy atom. The molecule has 0 bridgehead atoms. The van der Waals surface area contributed by atoms with Crippen molar-refractivity contribution in [2.45, 2.75) is 32.9 Å². The molecule has 0 spiro atoms. The van der Waals surface area contributed by atoms with Gasteiger partial charge in [-0.2, -0.15) is 0 Å². The van der Waals surface area contributed by atoms with Gasteiger partial charge in [-0.3, -0.25) is 0 Å². The van der Waals surface area contributed by atoms with Crippen LogP contribution in [0.5, 0.6) is 5.75 Å². The fourth-order valence-corrected chi connectivity index (χ4v) is 3.15. The lowest BCUT2D eigenvalue weighted by molar-refractivity contribution is 0.135. The first kappa shape index (κ1) is 12.9. The lowest BCUT2D eigenvalue weighted by Crippen LogP contribution is -2.37. The molecule has 0 radical (unpaired) electrons. The molecule has 2 aliphatic heterocycles. The Morgan fingerprint density at radius 2 is 2.21 bits per heavy atom. The van der Waals surface area contributed by atoms with Gasteiger partial charge in [-0.25, -0.2) is 0 Å². The van der Waals surface area contributed by atoms with Crippen LogP contribution >= 0.6 is 0 Å². The monoisotopic (exact) mass is 260 g/mol. The van der Waals surface area contributed by atoms with Crippen LogP contribution in [0.1, 0.15) is 30.9 Å². The molecule has 3 heteroatoms. The van der Waals surface area contributed by atoms with Gasteiger partial charge in [-0.15, -0.1) is 0 Å². The highest BCUT2D eigenvalue weighted by molar-refractivity contribution is 5.37. The quantitative estimate of drug-likeness (QED) is 0.899. The van der Waals surface area contributed by atoms with Crippen LogP contribution in [0.4, 0.5) is 0 Å². The van der Waals surface area contributed by atoms with E-state index >= 15 is 0 Å². The number of rotatable bonds is 4. The SMILES string of the molecule is CCN1CCCC(COc2ccc3c(c2)CNC3)C1. The second kappa shape index (κ2) is 5.93. The molecule has 19 heavy (non-hydrogen) atoms. The van der Waals surface area contributed by atoms with E-state index in [0.29, 0.717) is 5.92 Å². The highest BCUT2D eigenvalue weighted by atomic mass is 16.5. The lowest BCUT2D eigenvalue weighted by atomic mass is 9.99. The zero-order chi connectivity index (χ0) is 13.1. The number of piperidine rings is 1. The molecule has 2 aliphatic rings. The summed E-state index contributed by atoms with van der Waals surface area (Å²) < 4.78 is 6.01. The van der Waals surface area contributed by atoms with Crippen molar-refractivity contribution in [1.29, 1.82) is 0 Å². The fraction of sp³-hybridized carbons (Fsp3) is 0.625. The lowest BCUT2D eigenvalue weighted by Gasteiger charge is -2.31. The van der Waals surface area contributed by atoms with E-state index in [1.807, 2.05) is 0 Å². The molecule has 1 N–H and O–H groups in total. The molecule has 104 valence electrons. The number of hydrogen-bond donors (Lipinski definition) is 1. The summed E-state index contributed by atoms with van der Waals surface area (Å²) in [6.07, 6.45) is 2.62. The first-order valence-corrected chi connectivity index (χ1v) is 7.53. The second-order valence-corrected chi connectivity index (χ2v) is 5.75. The van der Waals surface area contributed by atoms with Gasteiger partial charge in [0.15, 0.2) is 0 Å². The molecule has 3 nitrogen and oxygen atoms in total. The van der Waals surface area contributed by atoms with Crippen molar-refractivity contribution >= 4 is 0 Å². The summed E-state index contributed by atoms with van der Waals surface area (Å²) in [5.41, 5.74) is 2.82. The van der Waals surface area contributed by atoms with Gasteiger partial charge in [0, 0.05) is 25.6 Å². The first-order valence-electron chi connectivity index (χ1n) is 7.53. The number of hydrogen-bond acceptors (Lipinski definition) is 3. The van der Waals surface area contributed by atoms with E-state index in [0.717, 1.165) is 25.4 Å². The van der Waals surface area contributed by atoms with Crippen LogP contribution in [0, 0.1) is 5.92 Å². The molecule has 1 saturated heterocycles. The van der Waals surface area contributed by atoms with Gasteiger partial charge >= 0.3 is 0 Å². The number of nitrogens with one attached hydrogen (secondary N) is 1. The minimum absolute atomic E-state index is 0.695. The van der Waals surface area contributed by atoms with Crippen LogP contribution < -0.4 is 10.1 Å². The van der Waals surface area contributed by atoms with Crippen LogP contribution in [0.3, 0.4) is 0 Å². The van der Waals surface area contributed by atoms with Crippen LogP contribution in [-0.4, -0.2) is 31.1 Å². The Labute approximate surface area is 115 Å². The molecule has 1 unspecified atom stereocenters. The summed E-state index contributed by atoms with van der Waals surface area (Å²) in [6.45, 7) is 8.73. The minimum atomic E-state index is 0.695. The van der Waals surface area contributed by atoms with E-state index in [1.165, 1.54) is 43.6 Å². The van der Waals surface area contributed by atoms with Gasteiger partial charge in [-0.05, 0) is 49.2 Å². The number of benzene rings is 1. The van der Waals surface area contributed by atoms with Crippen molar-refractivity contribution in [3.8, 4) is 5.75 Å². The summed E-state index contributed by atoms with van der Waals surface area (Å²) in [5, 5.41) is 3.37. The average molecular weight is 260 g/mol. The van der Waals surface area contributed by atoms with Gasteiger partial charge in [0.2, 0.25) is 0 Å². The summed E-state index contributed by atoms with van der Waals surface area (Å²) in [5.74, 6) is 1.73. The van der Waals surface area contributed by atoms with E-state index in [9.17, 15) is 0 Å². The van der Waals surface area contributed by atoms with Crippen molar-refractivity contribution in [3.63, 3.8) is 0 Å². The van der Waals surface area contributed by atoms with Crippen LogP contribution in [0.15, 0.2) is 18.2 Å². The smallest absolute Gasteiger partial charge is 0.119 e. The molecule has 0 aromatic heterocycles. The van der Waals surface area contributed by atoms with E-state index in [2.05, 4.69) is 35.3 Å². The number of nitrogens with zero attached hydrogens (tertiary/aromatic N) is 1. The highest BCUT2D eigenvalue weighted by Gasteiger charge is 2.19. The Bertz CT molecular complexity index is 433. The third-order valence-corrected chi connectivity index (χ3v) is 4.34. The number of ether oxygens (including phenoxy) is 1. The van der Waals surface area contributed by atoms with Crippen molar-refractivity contribution in [2.24, 2.45) is 5.92 Å². The molecular weight excluding hydrogens is 236 g/mol. The van der Waals surface area contributed by atoms with Gasteiger partial charge in [0.05, 0.1) is 6.61 Å². The topological polar surface area (TPSA) is 24.5 Å². The molecule has 1 aromatic carbocycles.